The summed E-state index contributed by atoms with van der Waals surface area (Å²) in [7, 11) is 3.04. The van der Waals surface area contributed by atoms with Crippen LogP contribution in [0.15, 0.2) is 65.1 Å². The van der Waals surface area contributed by atoms with E-state index in [1.54, 1.807) is 31.4 Å². The summed E-state index contributed by atoms with van der Waals surface area (Å²) in [4.78, 5) is 17.1. The highest BCUT2D eigenvalue weighted by atomic mass is 35.5. The van der Waals surface area contributed by atoms with Crippen LogP contribution in [0.25, 0.3) is 22.6 Å². The number of anilines is 1. The van der Waals surface area contributed by atoms with Gasteiger partial charge in [0.2, 0.25) is 5.89 Å². The average molecular weight is 468 g/mol. The Morgan fingerprint density at radius 3 is 2.50 bits per heavy atom. The summed E-state index contributed by atoms with van der Waals surface area (Å²) in [5, 5.41) is 6.04. The highest BCUT2D eigenvalue weighted by Gasteiger charge is 2.15. The minimum atomic E-state index is -0.416. The molecule has 0 aliphatic heterocycles. The van der Waals surface area contributed by atoms with Gasteiger partial charge < -0.3 is 19.2 Å². The molecule has 0 bridgehead atoms. The molecule has 0 saturated carbocycles. The van der Waals surface area contributed by atoms with Gasteiger partial charge in [-0.1, -0.05) is 23.7 Å². The number of hydrogen-bond acceptors (Lipinski definition) is 6. The van der Waals surface area contributed by atoms with Crippen molar-refractivity contribution in [2.45, 2.75) is 0 Å². The molecule has 0 fully saturated rings. The molecule has 0 aliphatic rings. The van der Waals surface area contributed by atoms with Gasteiger partial charge in [-0.15, -0.1) is 0 Å². The molecule has 1 heterocycles. The fourth-order valence-corrected chi connectivity index (χ4v) is 3.53. The number of amides is 1. The van der Waals surface area contributed by atoms with Gasteiger partial charge in [0.25, 0.3) is 5.91 Å². The molecule has 7 nitrogen and oxygen atoms in total. The van der Waals surface area contributed by atoms with Crippen LogP contribution in [0.3, 0.4) is 0 Å². The van der Waals surface area contributed by atoms with Gasteiger partial charge in [0, 0.05) is 11.1 Å². The van der Waals surface area contributed by atoms with Crippen molar-refractivity contribution in [1.29, 1.82) is 0 Å². The Labute approximate surface area is 194 Å². The lowest BCUT2D eigenvalue weighted by Crippen LogP contribution is -2.34. The molecule has 3 aromatic carbocycles. The van der Waals surface area contributed by atoms with Crippen LogP contribution in [0.2, 0.25) is 5.02 Å². The minimum absolute atomic E-state index is 0.0926. The van der Waals surface area contributed by atoms with Crippen LogP contribution in [0.5, 0.6) is 11.5 Å². The van der Waals surface area contributed by atoms with E-state index in [2.05, 4.69) is 15.6 Å². The Bertz CT molecular complexity index is 1290. The molecule has 1 amide bonds. The molecule has 0 unspecified atom stereocenters. The predicted molar refractivity (Wildman–Crippen MR) is 128 cm³/mol. The molecule has 0 spiro atoms. The zero-order chi connectivity index (χ0) is 22.7. The number of methoxy groups -OCH3 is 2. The number of benzene rings is 3. The standard InChI is InChI=1S/C23H18ClN3O4S/c1-29-18-9-7-13(11-15(18)24)21(28)27-23(32)26-17-12-14(8-10-19(17)30-2)22-25-16-5-3-4-6-20(16)31-22/h3-12H,1-2H3,(H2,26,27,28,32). The number of para-hydroxylation sites is 2. The number of carbonyl (C=O) groups excluding carboxylic acids is 1. The third-order valence-corrected chi connectivity index (χ3v) is 5.13. The number of thiocarbonyl (C=S) groups is 1. The lowest BCUT2D eigenvalue weighted by molar-refractivity contribution is 0.0977. The SMILES string of the molecule is COc1ccc(C(=O)NC(=S)Nc2cc(-c3nc4ccccc4o3)ccc2OC)cc1Cl. The molecule has 4 aromatic rings. The van der Waals surface area contributed by atoms with Crippen molar-refractivity contribution in [3.63, 3.8) is 0 Å². The third kappa shape index (κ3) is 4.51. The van der Waals surface area contributed by atoms with Crippen molar-refractivity contribution < 1.29 is 18.7 Å². The van der Waals surface area contributed by atoms with Crippen molar-refractivity contribution in [2.75, 3.05) is 19.5 Å². The number of nitrogens with one attached hydrogen (secondary N) is 2. The molecule has 1 aromatic heterocycles. The third-order valence-electron chi connectivity index (χ3n) is 4.63. The zero-order valence-corrected chi connectivity index (χ0v) is 18.7. The van der Waals surface area contributed by atoms with Gasteiger partial charge in [0.15, 0.2) is 10.7 Å². The van der Waals surface area contributed by atoms with Crippen LogP contribution in [0, 0.1) is 0 Å². The van der Waals surface area contributed by atoms with E-state index < -0.39 is 5.91 Å². The van der Waals surface area contributed by atoms with Crippen LogP contribution < -0.4 is 20.1 Å². The molecule has 9 heteroatoms. The quantitative estimate of drug-likeness (QED) is 0.385. The first-order valence-electron chi connectivity index (χ1n) is 9.48. The minimum Gasteiger partial charge on any atom is -0.495 e. The highest BCUT2D eigenvalue weighted by molar-refractivity contribution is 7.80. The zero-order valence-electron chi connectivity index (χ0n) is 17.1. The molecule has 0 aliphatic carbocycles. The summed E-state index contributed by atoms with van der Waals surface area (Å²) >= 11 is 11.4. The first-order chi connectivity index (χ1) is 15.5. The van der Waals surface area contributed by atoms with Gasteiger partial charge >= 0.3 is 0 Å². The fourth-order valence-electron chi connectivity index (χ4n) is 3.07. The molecule has 2 N–H and O–H groups in total. The second-order valence-corrected chi connectivity index (χ2v) is 7.47. The molecular weight excluding hydrogens is 450 g/mol. The van der Waals surface area contributed by atoms with Crippen LogP contribution in [-0.2, 0) is 0 Å². The summed E-state index contributed by atoms with van der Waals surface area (Å²) in [6, 6.07) is 17.6. The number of carbonyl (C=O) groups is 1. The Morgan fingerprint density at radius 1 is 1.03 bits per heavy atom. The van der Waals surface area contributed by atoms with Crippen LogP contribution in [0.4, 0.5) is 5.69 Å². The number of oxazole rings is 1. The maximum atomic E-state index is 12.5. The van der Waals surface area contributed by atoms with Crippen molar-refractivity contribution in [3.8, 4) is 23.0 Å². The summed E-state index contributed by atoms with van der Waals surface area (Å²) in [6.45, 7) is 0. The van der Waals surface area contributed by atoms with Gasteiger partial charge in [0.1, 0.15) is 17.0 Å². The number of fused-ring (bicyclic) bond motifs is 1. The van der Waals surface area contributed by atoms with E-state index in [4.69, 9.17) is 37.7 Å². The molecule has 0 atom stereocenters. The van der Waals surface area contributed by atoms with E-state index in [-0.39, 0.29) is 5.11 Å². The maximum Gasteiger partial charge on any atom is 0.257 e. The van der Waals surface area contributed by atoms with Crippen molar-refractivity contribution in [3.05, 3.63) is 71.2 Å². The van der Waals surface area contributed by atoms with E-state index in [9.17, 15) is 4.79 Å². The number of nitrogens with zero attached hydrogens (tertiary/aromatic N) is 1. The van der Waals surface area contributed by atoms with Crippen molar-refractivity contribution >= 4 is 51.6 Å². The number of aromatic nitrogens is 1. The Kier molecular flexibility index (Phi) is 6.25. The van der Waals surface area contributed by atoms with Crippen LogP contribution in [0.1, 0.15) is 10.4 Å². The predicted octanol–water partition coefficient (Wildman–Crippen LogP) is 5.29. The van der Waals surface area contributed by atoms with Crippen molar-refractivity contribution in [1.82, 2.24) is 10.3 Å². The van der Waals surface area contributed by atoms with E-state index in [0.29, 0.717) is 39.2 Å². The van der Waals surface area contributed by atoms with Gasteiger partial charge in [-0.2, -0.15) is 0 Å². The van der Waals surface area contributed by atoms with E-state index in [1.165, 1.54) is 13.2 Å². The summed E-state index contributed by atoms with van der Waals surface area (Å²) in [6.07, 6.45) is 0. The lowest BCUT2D eigenvalue weighted by Gasteiger charge is -2.14. The first-order valence-corrected chi connectivity index (χ1v) is 10.3. The number of halogens is 1. The lowest BCUT2D eigenvalue weighted by atomic mass is 10.2. The largest absolute Gasteiger partial charge is 0.495 e. The second kappa shape index (κ2) is 9.25. The summed E-state index contributed by atoms with van der Waals surface area (Å²) in [5.74, 6) is 1.06. The highest BCUT2D eigenvalue weighted by Crippen LogP contribution is 2.32. The molecule has 32 heavy (non-hydrogen) atoms. The van der Waals surface area contributed by atoms with E-state index in [0.717, 1.165) is 11.1 Å². The summed E-state index contributed by atoms with van der Waals surface area (Å²) in [5.41, 5.74) is 3.06. The smallest absolute Gasteiger partial charge is 0.257 e. The Hall–Kier alpha value is -3.62. The molecular formula is C23H18ClN3O4S. The normalized spacial score (nSPS) is 10.6. The van der Waals surface area contributed by atoms with Gasteiger partial charge in [-0.05, 0) is 60.7 Å². The van der Waals surface area contributed by atoms with E-state index >= 15 is 0 Å². The van der Waals surface area contributed by atoms with E-state index in [1.807, 2.05) is 30.3 Å². The second-order valence-electron chi connectivity index (χ2n) is 6.66. The monoisotopic (exact) mass is 467 g/mol. The Balaban J connectivity index is 1.53. The van der Waals surface area contributed by atoms with Gasteiger partial charge in [-0.3, -0.25) is 10.1 Å². The molecule has 0 saturated heterocycles. The number of ether oxygens (including phenoxy) is 2. The molecule has 0 radical (unpaired) electrons. The average Bonchev–Trinajstić information content (AvgIpc) is 3.23. The van der Waals surface area contributed by atoms with Crippen molar-refractivity contribution in [2.24, 2.45) is 0 Å². The molecule has 4 rings (SSSR count). The van der Waals surface area contributed by atoms with Gasteiger partial charge in [-0.25, -0.2) is 4.98 Å². The fraction of sp³-hybridized carbons (Fsp3) is 0.0870. The topological polar surface area (TPSA) is 85.6 Å². The maximum absolute atomic E-state index is 12.5. The van der Waals surface area contributed by atoms with Gasteiger partial charge in [0.05, 0.1) is 24.9 Å². The Morgan fingerprint density at radius 2 is 1.78 bits per heavy atom. The van der Waals surface area contributed by atoms with Crippen LogP contribution in [-0.4, -0.2) is 30.2 Å². The summed E-state index contributed by atoms with van der Waals surface area (Å²) < 4.78 is 16.3. The number of rotatable bonds is 5. The van der Waals surface area contributed by atoms with Crippen LogP contribution >= 0.6 is 23.8 Å². The molecule has 162 valence electrons. The number of hydrogen-bond donors (Lipinski definition) is 2. The first kappa shape index (κ1) is 21.6.